The summed E-state index contributed by atoms with van der Waals surface area (Å²) >= 11 is 0. The van der Waals surface area contributed by atoms with Gasteiger partial charge in [-0.15, -0.1) is 0 Å². The van der Waals surface area contributed by atoms with Crippen LogP contribution in [-0.2, 0) is 13.1 Å². The van der Waals surface area contributed by atoms with E-state index in [0.29, 0.717) is 56.6 Å². The van der Waals surface area contributed by atoms with Gasteiger partial charge in [-0.05, 0) is 36.4 Å². The van der Waals surface area contributed by atoms with Gasteiger partial charge in [0.25, 0.3) is 12.9 Å². The van der Waals surface area contributed by atoms with Gasteiger partial charge in [0.05, 0.1) is 72.5 Å². The van der Waals surface area contributed by atoms with Crippen LogP contribution in [0.5, 0.6) is 0 Å². The molecule has 6 heterocycles. The number of nitriles is 3. The molecular weight excluding hydrogens is 702 g/mol. The lowest BCUT2D eigenvalue weighted by atomic mass is 10.1. The predicted molar refractivity (Wildman–Crippen MR) is 185 cm³/mol. The zero-order chi connectivity index (χ0) is 37.8. The van der Waals surface area contributed by atoms with Gasteiger partial charge < -0.3 is 9.13 Å². The van der Waals surface area contributed by atoms with Crippen LogP contribution in [0.2, 0.25) is 0 Å². The van der Waals surface area contributed by atoms with Gasteiger partial charge in [-0.1, -0.05) is 42.5 Å². The molecule has 8 rings (SSSR count). The SMILES string of the molecule is N#Cc1cccc(-c2ncn(CC(F)F)c2-c2ccc3ncc(C#N)n3n2)c1.N#Cc1cnc2ccc(-c3c(-c4ccccc4)ncn3CC(F)F)nn12. The molecule has 0 saturated carbocycles. The lowest BCUT2D eigenvalue weighted by Crippen LogP contribution is -2.08. The summed E-state index contributed by atoms with van der Waals surface area (Å²) in [6, 6.07) is 28.7. The third kappa shape index (κ3) is 6.82. The molecule has 54 heavy (non-hydrogen) atoms. The zero-order valence-corrected chi connectivity index (χ0v) is 27.7. The Kier molecular flexibility index (Phi) is 9.56. The van der Waals surface area contributed by atoms with Crippen molar-refractivity contribution in [3.8, 4) is 63.5 Å². The highest BCUT2D eigenvalue weighted by Gasteiger charge is 2.21. The minimum Gasteiger partial charge on any atom is -0.323 e. The van der Waals surface area contributed by atoms with Crippen molar-refractivity contribution in [1.82, 2.24) is 48.3 Å². The predicted octanol–water partition coefficient (Wildman–Crippen LogP) is 6.66. The molecule has 8 aromatic rings. The minimum absolute atomic E-state index is 0.227. The Labute approximate surface area is 302 Å². The summed E-state index contributed by atoms with van der Waals surface area (Å²) in [6.45, 7) is -1.06. The van der Waals surface area contributed by atoms with Gasteiger partial charge in [-0.3, -0.25) is 0 Å². The maximum Gasteiger partial charge on any atom is 0.256 e. The largest absolute Gasteiger partial charge is 0.323 e. The maximum atomic E-state index is 13.1. The first-order chi connectivity index (χ1) is 26.3. The number of halogens is 4. The van der Waals surface area contributed by atoms with Crippen molar-refractivity contribution in [1.29, 1.82) is 15.8 Å². The fourth-order valence-electron chi connectivity index (χ4n) is 5.78. The molecule has 0 spiro atoms. The third-order valence-corrected chi connectivity index (χ3v) is 8.10. The molecule has 0 aliphatic rings. The van der Waals surface area contributed by atoms with E-state index < -0.39 is 25.9 Å². The van der Waals surface area contributed by atoms with E-state index in [4.69, 9.17) is 5.26 Å². The van der Waals surface area contributed by atoms with Gasteiger partial charge in [-0.2, -0.15) is 26.0 Å². The van der Waals surface area contributed by atoms with Crippen LogP contribution in [0.4, 0.5) is 17.6 Å². The lowest BCUT2D eigenvalue weighted by molar-refractivity contribution is 0.126. The van der Waals surface area contributed by atoms with Gasteiger partial charge >= 0.3 is 0 Å². The highest BCUT2D eigenvalue weighted by molar-refractivity contribution is 5.78. The summed E-state index contributed by atoms with van der Waals surface area (Å²) in [5.41, 5.74) is 5.90. The van der Waals surface area contributed by atoms with Crippen LogP contribution in [0.3, 0.4) is 0 Å². The molecule has 0 fully saturated rings. The average molecular weight is 726 g/mol. The number of fused-ring (bicyclic) bond motifs is 2. The second kappa shape index (κ2) is 14.9. The van der Waals surface area contributed by atoms with E-state index >= 15 is 0 Å². The van der Waals surface area contributed by atoms with Gasteiger partial charge in [0.2, 0.25) is 0 Å². The second-order valence-corrected chi connectivity index (χ2v) is 11.5. The van der Waals surface area contributed by atoms with Crippen LogP contribution < -0.4 is 0 Å². The number of benzene rings is 2. The summed E-state index contributed by atoms with van der Waals surface area (Å²) in [4.78, 5) is 16.8. The molecular formula is C37H23F4N13. The van der Waals surface area contributed by atoms with Crippen LogP contribution >= 0.6 is 0 Å². The molecule has 13 nitrogen and oxygen atoms in total. The van der Waals surface area contributed by atoms with E-state index in [1.807, 2.05) is 42.5 Å². The normalized spacial score (nSPS) is 11.0. The zero-order valence-electron chi connectivity index (χ0n) is 27.7. The molecule has 2 aromatic carbocycles. The van der Waals surface area contributed by atoms with Crippen LogP contribution in [-0.4, -0.2) is 61.1 Å². The van der Waals surface area contributed by atoms with Crippen molar-refractivity contribution in [3.63, 3.8) is 0 Å². The number of hydrogen-bond acceptors (Lipinski definition) is 9. The van der Waals surface area contributed by atoms with Crippen LogP contribution in [0.15, 0.2) is 104 Å². The van der Waals surface area contributed by atoms with E-state index in [1.54, 1.807) is 48.5 Å². The highest BCUT2D eigenvalue weighted by atomic mass is 19.3. The maximum absolute atomic E-state index is 13.1. The lowest BCUT2D eigenvalue weighted by Gasteiger charge is -2.10. The minimum atomic E-state index is -2.59. The van der Waals surface area contributed by atoms with E-state index in [1.165, 1.54) is 43.2 Å². The monoisotopic (exact) mass is 725 g/mol. The van der Waals surface area contributed by atoms with Crippen molar-refractivity contribution >= 4 is 11.3 Å². The first-order valence-electron chi connectivity index (χ1n) is 16.0. The Hall–Kier alpha value is -7.71. The summed E-state index contributed by atoms with van der Waals surface area (Å²) in [5.74, 6) is 0. The third-order valence-electron chi connectivity index (χ3n) is 8.10. The summed E-state index contributed by atoms with van der Waals surface area (Å²) < 4.78 is 57.7. The van der Waals surface area contributed by atoms with E-state index in [-0.39, 0.29) is 11.4 Å². The second-order valence-electron chi connectivity index (χ2n) is 11.5. The Balaban J connectivity index is 0.000000167. The number of rotatable bonds is 8. The quantitative estimate of drug-likeness (QED) is 0.156. The Bertz CT molecular complexity index is 2740. The summed E-state index contributed by atoms with van der Waals surface area (Å²) in [6.07, 6.45) is 0.395. The summed E-state index contributed by atoms with van der Waals surface area (Å²) in [5, 5.41) is 36.4. The van der Waals surface area contributed by atoms with Gasteiger partial charge in [0, 0.05) is 11.1 Å². The molecule has 0 aliphatic heterocycles. The average Bonchev–Trinajstić information content (AvgIpc) is 3.99. The van der Waals surface area contributed by atoms with Gasteiger partial charge in [0.15, 0.2) is 22.7 Å². The molecule has 0 radical (unpaired) electrons. The van der Waals surface area contributed by atoms with Crippen LogP contribution in [0.25, 0.3) is 56.6 Å². The van der Waals surface area contributed by atoms with Gasteiger partial charge in [-0.25, -0.2) is 46.5 Å². The topological polar surface area (TPSA) is 167 Å². The Morgan fingerprint density at radius 3 is 1.54 bits per heavy atom. The molecule has 0 saturated heterocycles. The first-order valence-corrected chi connectivity index (χ1v) is 16.0. The standard InChI is InChI=1S/C19H11F2N7.C18H12F2N6/c20-16(21)10-27-11-25-18(13-3-1-2-12(6-13)7-22)19(27)15-4-5-17-24-9-14(8-23)28(17)26-15;19-15(20)10-25-11-23-17(12-4-2-1-3-5-12)18(25)14-6-7-16-22-9-13(8-21)26(16)24-14/h1-6,9,11,16H,10H2;1-7,9,11,15H,10H2. The van der Waals surface area contributed by atoms with Crippen LogP contribution in [0.1, 0.15) is 17.0 Å². The van der Waals surface area contributed by atoms with Crippen LogP contribution in [0, 0.1) is 34.0 Å². The Morgan fingerprint density at radius 2 is 1.06 bits per heavy atom. The van der Waals surface area contributed by atoms with E-state index in [2.05, 4.69) is 36.2 Å². The summed E-state index contributed by atoms with van der Waals surface area (Å²) in [7, 11) is 0. The molecule has 6 aromatic heterocycles. The number of alkyl halides is 4. The van der Waals surface area contributed by atoms with E-state index in [9.17, 15) is 28.1 Å². The highest BCUT2D eigenvalue weighted by Crippen LogP contribution is 2.32. The Morgan fingerprint density at radius 1 is 0.556 bits per heavy atom. The van der Waals surface area contributed by atoms with Crippen molar-refractivity contribution in [2.24, 2.45) is 0 Å². The fourth-order valence-corrected chi connectivity index (χ4v) is 5.78. The molecule has 0 N–H and O–H groups in total. The van der Waals surface area contributed by atoms with Crippen molar-refractivity contribution < 1.29 is 17.6 Å². The van der Waals surface area contributed by atoms with Crippen molar-refractivity contribution in [3.05, 3.63) is 121 Å². The number of nitrogens with zero attached hydrogens (tertiary/aromatic N) is 13. The molecule has 0 atom stereocenters. The molecule has 17 heteroatoms. The van der Waals surface area contributed by atoms with E-state index in [0.717, 1.165) is 5.56 Å². The first kappa shape index (κ1) is 34.7. The molecule has 0 bridgehead atoms. The fraction of sp³-hybridized carbons (Fsp3) is 0.108. The smallest absolute Gasteiger partial charge is 0.256 e. The molecule has 0 aliphatic carbocycles. The molecule has 0 amide bonds. The number of imidazole rings is 4. The van der Waals surface area contributed by atoms with Crippen molar-refractivity contribution in [2.45, 2.75) is 25.9 Å². The van der Waals surface area contributed by atoms with Gasteiger partial charge in [0.1, 0.15) is 23.5 Å². The van der Waals surface area contributed by atoms with Crippen molar-refractivity contribution in [2.75, 3.05) is 0 Å². The molecule has 264 valence electrons. The number of aromatic nitrogens is 10. The molecule has 0 unspecified atom stereocenters. The number of hydrogen-bond donors (Lipinski definition) is 0.